The van der Waals surface area contributed by atoms with E-state index in [1.165, 1.54) is 7.05 Å². The van der Waals surface area contributed by atoms with Crippen LogP contribution in [0.1, 0.15) is 17.3 Å². The Morgan fingerprint density at radius 2 is 1.69 bits per heavy atom. The molecule has 5 rings (SSSR count). The first kappa shape index (κ1) is 17.4. The van der Waals surface area contributed by atoms with Crippen molar-refractivity contribution in [2.24, 2.45) is 14.1 Å². The zero-order chi connectivity index (χ0) is 20.3. The highest BCUT2D eigenvalue weighted by molar-refractivity contribution is 5.86. The van der Waals surface area contributed by atoms with E-state index in [2.05, 4.69) is 5.32 Å². The highest BCUT2D eigenvalue weighted by Crippen LogP contribution is 2.42. The predicted octanol–water partition coefficient (Wildman–Crippen LogP) is 2.55. The highest BCUT2D eigenvalue weighted by Gasteiger charge is 2.32. The molecule has 2 aromatic carbocycles. The molecule has 146 valence electrons. The van der Waals surface area contributed by atoms with Gasteiger partial charge in [-0.2, -0.15) is 0 Å². The number of fused-ring (bicyclic) bond motifs is 5. The summed E-state index contributed by atoms with van der Waals surface area (Å²) in [6.07, 6.45) is 1.83. The van der Waals surface area contributed by atoms with E-state index in [-0.39, 0.29) is 17.3 Å². The fourth-order valence-electron chi connectivity index (χ4n) is 4.24. The van der Waals surface area contributed by atoms with E-state index in [0.717, 1.165) is 32.9 Å². The number of hydrogen-bond donors (Lipinski definition) is 1. The molecule has 0 radical (unpaired) electrons. The number of ether oxygens (including phenoxy) is 1. The average molecular weight is 388 g/mol. The summed E-state index contributed by atoms with van der Waals surface area (Å²) in [7, 11) is 4.84. The maximum atomic E-state index is 12.9. The predicted molar refractivity (Wildman–Crippen MR) is 112 cm³/mol. The lowest BCUT2D eigenvalue weighted by molar-refractivity contribution is 0.408. The van der Waals surface area contributed by atoms with Crippen molar-refractivity contribution in [3.63, 3.8) is 0 Å². The third-order valence-electron chi connectivity index (χ3n) is 5.65. The Morgan fingerprint density at radius 1 is 0.966 bits per heavy atom. The summed E-state index contributed by atoms with van der Waals surface area (Å²) in [6.45, 7) is 0. The standard InChI is InChI=1S/C22H20N4O3/c1-24-19-14(21(27)25(2)22(24)28)12-26-16-10-6-5-9-15(16)23-18(20(19)26)13-8-4-7-11-17(13)29-3/h4-12,18,23H,1-3H3/t18-/m0/s1. The monoisotopic (exact) mass is 388 g/mol. The Labute approximate surface area is 166 Å². The second-order valence-electron chi connectivity index (χ2n) is 7.19. The molecule has 1 N–H and O–H groups in total. The SMILES string of the molecule is COc1ccccc1[C@@H]1Nc2ccccc2-n2cc3c(=O)n(C)c(=O)n(C)c3c21. The molecule has 0 fully saturated rings. The lowest BCUT2D eigenvalue weighted by atomic mass is 9.98. The number of hydrogen-bond acceptors (Lipinski definition) is 4. The summed E-state index contributed by atoms with van der Waals surface area (Å²) in [4.78, 5) is 25.6. The molecule has 0 bridgehead atoms. The molecule has 1 aliphatic heterocycles. The van der Waals surface area contributed by atoms with Gasteiger partial charge >= 0.3 is 5.69 Å². The van der Waals surface area contributed by atoms with Gasteiger partial charge in [0.15, 0.2) is 0 Å². The number of aryl methyl sites for hydroxylation is 1. The van der Waals surface area contributed by atoms with Crippen LogP contribution in [0.3, 0.4) is 0 Å². The van der Waals surface area contributed by atoms with Crippen molar-refractivity contribution < 1.29 is 4.74 Å². The van der Waals surface area contributed by atoms with Crippen LogP contribution in [0, 0.1) is 0 Å². The van der Waals surface area contributed by atoms with Gasteiger partial charge in [0.25, 0.3) is 5.56 Å². The van der Waals surface area contributed by atoms with Gasteiger partial charge in [0.1, 0.15) is 5.75 Å². The maximum absolute atomic E-state index is 12.9. The quantitative estimate of drug-likeness (QED) is 0.573. The zero-order valence-corrected chi connectivity index (χ0v) is 16.3. The molecule has 0 spiro atoms. The molecular formula is C22H20N4O3. The largest absolute Gasteiger partial charge is 0.496 e. The molecule has 0 saturated heterocycles. The van der Waals surface area contributed by atoms with E-state index < -0.39 is 0 Å². The molecule has 7 heteroatoms. The number of benzene rings is 2. The van der Waals surface area contributed by atoms with Gasteiger partial charge in [-0.1, -0.05) is 30.3 Å². The van der Waals surface area contributed by atoms with Crippen molar-refractivity contribution >= 4 is 16.6 Å². The van der Waals surface area contributed by atoms with Gasteiger partial charge in [-0.05, 0) is 18.2 Å². The zero-order valence-electron chi connectivity index (χ0n) is 16.3. The first-order valence-corrected chi connectivity index (χ1v) is 9.32. The molecule has 0 amide bonds. The van der Waals surface area contributed by atoms with Gasteiger partial charge in [-0.15, -0.1) is 0 Å². The van der Waals surface area contributed by atoms with E-state index in [9.17, 15) is 9.59 Å². The Morgan fingerprint density at radius 3 is 2.48 bits per heavy atom. The van der Waals surface area contributed by atoms with Gasteiger partial charge in [-0.25, -0.2) is 4.79 Å². The second kappa shape index (κ2) is 6.13. The molecule has 4 aromatic rings. The fourth-order valence-corrected chi connectivity index (χ4v) is 4.24. The number of anilines is 1. The van der Waals surface area contributed by atoms with E-state index in [0.29, 0.717) is 10.9 Å². The molecule has 0 saturated carbocycles. The van der Waals surface area contributed by atoms with Crippen molar-refractivity contribution in [2.45, 2.75) is 6.04 Å². The molecule has 1 atom stereocenters. The number of aromatic nitrogens is 3. The molecule has 3 heterocycles. The van der Waals surface area contributed by atoms with Crippen LogP contribution in [0.15, 0.2) is 64.3 Å². The van der Waals surface area contributed by atoms with Crippen molar-refractivity contribution in [3.05, 3.63) is 86.8 Å². The average Bonchev–Trinajstić information content (AvgIpc) is 3.17. The number of methoxy groups -OCH3 is 1. The summed E-state index contributed by atoms with van der Waals surface area (Å²) in [6, 6.07) is 15.4. The van der Waals surface area contributed by atoms with Crippen LogP contribution in [-0.2, 0) is 14.1 Å². The Hall–Kier alpha value is -3.74. The summed E-state index contributed by atoms with van der Waals surface area (Å²) in [5, 5.41) is 4.08. The first-order valence-electron chi connectivity index (χ1n) is 9.32. The Bertz CT molecular complexity index is 1390. The summed E-state index contributed by atoms with van der Waals surface area (Å²) in [5.74, 6) is 0.735. The second-order valence-corrected chi connectivity index (χ2v) is 7.19. The summed E-state index contributed by atoms with van der Waals surface area (Å²) >= 11 is 0. The van der Waals surface area contributed by atoms with Crippen molar-refractivity contribution in [2.75, 3.05) is 12.4 Å². The van der Waals surface area contributed by atoms with Crippen LogP contribution in [0.25, 0.3) is 16.6 Å². The van der Waals surface area contributed by atoms with Crippen LogP contribution in [0.4, 0.5) is 5.69 Å². The summed E-state index contributed by atoms with van der Waals surface area (Å²) in [5.41, 5.74) is 3.60. The number of nitrogens with one attached hydrogen (secondary N) is 1. The smallest absolute Gasteiger partial charge is 0.331 e. The Kier molecular flexibility index (Phi) is 3.67. The molecule has 0 unspecified atom stereocenters. The van der Waals surface area contributed by atoms with E-state index in [1.807, 2.05) is 59.3 Å². The van der Waals surface area contributed by atoms with Crippen LogP contribution >= 0.6 is 0 Å². The molecule has 1 aliphatic rings. The van der Waals surface area contributed by atoms with Crippen molar-refractivity contribution in [1.29, 1.82) is 0 Å². The topological polar surface area (TPSA) is 70.2 Å². The summed E-state index contributed by atoms with van der Waals surface area (Å²) < 4.78 is 10.3. The maximum Gasteiger partial charge on any atom is 0.331 e. The van der Waals surface area contributed by atoms with Gasteiger partial charge in [0, 0.05) is 25.9 Å². The lowest BCUT2D eigenvalue weighted by Crippen LogP contribution is -2.37. The number of nitrogens with zero attached hydrogens (tertiary/aromatic N) is 3. The van der Waals surface area contributed by atoms with Crippen LogP contribution in [0.2, 0.25) is 0 Å². The van der Waals surface area contributed by atoms with Crippen LogP contribution < -0.4 is 21.3 Å². The molecule has 29 heavy (non-hydrogen) atoms. The van der Waals surface area contributed by atoms with Crippen molar-refractivity contribution in [1.82, 2.24) is 13.7 Å². The van der Waals surface area contributed by atoms with Crippen LogP contribution in [0.5, 0.6) is 5.75 Å². The van der Waals surface area contributed by atoms with E-state index >= 15 is 0 Å². The fraction of sp³-hybridized carbons (Fsp3) is 0.182. The third-order valence-corrected chi connectivity index (χ3v) is 5.65. The van der Waals surface area contributed by atoms with Gasteiger partial charge < -0.3 is 14.6 Å². The van der Waals surface area contributed by atoms with Crippen LogP contribution in [-0.4, -0.2) is 20.8 Å². The van der Waals surface area contributed by atoms with E-state index in [1.54, 1.807) is 18.7 Å². The minimum atomic E-state index is -0.353. The highest BCUT2D eigenvalue weighted by atomic mass is 16.5. The number of rotatable bonds is 2. The lowest BCUT2D eigenvalue weighted by Gasteiger charge is -2.30. The molecule has 0 aliphatic carbocycles. The first-order chi connectivity index (χ1) is 14.0. The normalized spacial score (nSPS) is 14.9. The van der Waals surface area contributed by atoms with Gasteiger partial charge in [-0.3, -0.25) is 13.9 Å². The molecule has 2 aromatic heterocycles. The van der Waals surface area contributed by atoms with Gasteiger partial charge in [0.05, 0.1) is 41.1 Å². The Balaban J connectivity index is 1.95. The minimum absolute atomic E-state index is 0.295. The molecular weight excluding hydrogens is 368 g/mol. The van der Waals surface area contributed by atoms with Gasteiger partial charge in [0.2, 0.25) is 0 Å². The third kappa shape index (κ3) is 2.30. The molecule has 7 nitrogen and oxygen atoms in total. The number of para-hydroxylation sites is 3. The van der Waals surface area contributed by atoms with Crippen molar-refractivity contribution in [3.8, 4) is 11.4 Å². The van der Waals surface area contributed by atoms with E-state index in [4.69, 9.17) is 4.74 Å². The minimum Gasteiger partial charge on any atom is -0.496 e.